The molecular weight excluding hydrogens is 286 g/mol. The predicted molar refractivity (Wildman–Crippen MR) is 82.9 cm³/mol. The molecule has 4 nitrogen and oxygen atoms in total. The summed E-state index contributed by atoms with van der Waals surface area (Å²) in [6, 6.07) is 14.8. The second-order valence-electron chi connectivity index (χ2n) is 4.84. The van der Waals surface area contributed by atoms with E-state index in [1.165, 1.54) is 11.8 Å². The van der Waals surface area contributed by atoms with Gasteiger partial charge in [-0.1, -0.05) is 36.4 Å². The average Bonchev–Trinajstić information content (AvgIpc) is 2.51. The van der Waals surface area contributed by atoms with Gasteiger partial charge in [0.25, 0.3) is 0 Å². The molecule has 1 aliphatic heterocycles. The van der Waals surface area contributed by atoms with Gasteiger partial charge >= 0.3 is 5.97 Å². The number of hydrogen-bond acceptors (Lipinski definition) is 4. The van der Waals surface area contributed by atoms with Crippen LogP contribution in [0.3, 0.4) is 0 Å². The van der Waals surface area contributed by atoms with E-state index < -0.39 is 12.0 Å². The highest BCUT2D eigenvalue weighted by Gasteiger charge is 2.28. The molecule has 0 amide bonds. The third-order valence-corrected chi connectivity index (χ3v) is 4.78. The van der Waals surface area contributed by atoms with Gasteiger partial charge in [-0.2, -0.15) is 0 Å². The number of ether oxygens (including phenoxy) is 1. The number of fused-ring (bicyclic) bond motifs is 2. The first-order valence-electron chi connectivity index (χ1n) is 6.62. The fourth-order valence-corrected chi connectivity index (χ4v) is 3.61. The average molecular weight is 301 g/mol. The molecule has 0 saturated heterocycles. The minimum atomic E-state index is -0.976. The Morgan fingerprint density at radius 2 is 1.67 bits per heavy atom. The van der Waals surface area contributed by atoms with Crippen LogP contribution >= 0.6 is 11.8 Å². The summed E-state index contributed by atoms with van der Waals surface area (Å²) < 4.78 is 5.90. The number of carboxylic acid groups (broad SMARTS) is 1. The summed E-state index contributed by atoms with van der Waals surface area (Å²) in [5.74, 6) is 1.01. The van der Waals surface area contributed by atoms with Crippen molar-refractivity contribution in [3.05, 3.63) is 59.7 Å². The second-order valence-corrected chi connectivity index (χ2v) is 5.97. The molecule has 21 heavy (non-hydrogen) atoms. The molecule has 0 saturated carbocycles. The fourth-order valence-electron chi connectivity index (χ4n) is 2.32. The maximum Gasteiger partial charge on any atom is 0.321 e. The van der Waals surface area contributed by atoms with Gasteiger partial charge in [0.05, 0.1) is 5.25 Å². The molecule has 2 aromatic carbocycles. The first-order chi connectivity index (χ1) is 10.2. The minimum Gasteiger partial charge on any atom is -0.480 e. The SMILES string of the molecule is NC(CSC1c2ccccc2Oc2ccccc21)C(=O)O. The van der Waals surface area contributed by atoms with Crippen LogP contribution < -0.4 is 10.5 Å². The zero-order valence-corrected chi connectivity index (χ0v) is 12.0. The molecule has 0 radical (unpaired) electrons. The number of thioether (sulfide) groups is 1. The summed E-state index contributed by atoms with van der Waals surface area (Å²) in [6.07, 6.45) is 0. The van der Waals surface area contributed by atoms with E-state index in [9.17, 15) is 4.79 Å². The second kappa shape index (κ2) is 5.79. The largest absolute Gasteiger partial charge is 0.480 e. The van der Waals surface area contributed by atoms with Gasteiger partial charge in [0.2, 0.25) is 0 Å². The van der Waals surface area contributed by atoms with Crippen LogP contribution in [0.1, 0.15) is 16.4 Å². The zero-order valence-electron chi connectivity index (χ0n) is 11.2. The van der Waals surface area contributed by atoms with Crippen LogP contribution in [0, 0.1) is 0 Å². The van der Waals surface area contributed by atoms with Gasteiger partial charge in [0.1, 0.15) is 17.5 Å². The van der Waals surface area contributed by atoms with Gasteiger partial charge in [-0.25, -0.2) is 0 Å². The molecule has 1 heterocycles. The van der Waals surface area contributed by atoms with Gasteiger partial charge in [-0.05, 0) is 12.1 Å². The Kier molecular flexibility index (Phi) is 3.86. The summed E-state index contributed by atoms with van der Waals surface area (Å²) in [4.78, 5) is 10.9. The molecule has 108 valence electrons. The van der Waals surface area contributed by atoms with Crippen LogP contribution in [0.15, 0.2) is 48.5 Å². The number of hydrogen-bond donors (Lipinski definition) is 2. The molecule has 1 unspecified atom stereocenters. The molecule has 0 aliphatic carbocycles. The lowest BCUT2D eigenvalue weighted by Gasteiger charge is -2.28. The van der Waals surface area contributed by atoms with Crippen molar-refractivity contribution in [2.75, 3.05) is 5.75 Å². The minimum absolute atomic E-state index is 0.0385. The van der Waals surface area contributed by atoms with Crippen LogP contribution in [-0.2, 0) is 4.79 Å². The van der Waals surface area contributed by atoms with Crippen molar-refractivity contribution in [3.63, 3.8) is 0 Å². The smallest absolute Gasteiger partial charge is 0.321 e. The summed E-state index contributed by atoms with van der Waals surface area (Å²) >= 11 is 1.53. The van der Waals surface area contributed by atoms with E-state index >= 15 is 0 Å². The Morgan fingerprint density at radius 1 is 1.14 bits per heavy atom. The number of aliphatic carboxylic acids is 1. The molecule has 0 spiro atoms. The van der Waals surface area contributed by atoms with E-state index in [1.807, 2.05) is 48.5 Å². The molecule has 0 bridgehead atoms. The highest BCUT2D eigenvalue weighted by atomic mass is 32.2. The van der Waals surface area contributed by atoms with Crippen molar-refractivity contribution in [3.8, 4) is 11.5 Å². The van der Waals surface area contributed by atoms with Crippen molar-refractivity contribution in [2.45, 2.75) is 11.3 Å². The van der Waals surface area contributed by atoms with Gasteiger partial charge in [0.15, 0.2) is 0 Å². The van der Waals surface area contributed by atoms with Crippen molar-refractivity contribution < 1.29 is 14.6 Å². The maximum absolute atomic E-state index is 10.9. The van der Waals surface area contributed by atoms with E-state index in [1.54, 1.807) is 0 Å². The lowest BCUT2D eigenvalue weighted by molar-refractivity contribution is -0.137. The first kappa shape index (κ1) is 14.0. The van der Waals surface area contributed by atoms with Crippen molar-refractivity contribution in [1.82, 2.24) is 0 Å². The Hall–Kier alpha value is -1.98. The maximum atomic E-state index is 10.9. The summed E-state index contributed by atoms with van der Waals surface area (Å²) in [5, 5.41) is 8.98. The standard InChI is InChI=1S/C16H15NO3S/c17-12(16(18)19)9-21-15-10-5-1-3-7-13(10)20-14-8-4-2-6-11(14)15/h1-8,12,15H,9,17H2,(H,18,19). The van der Waals surface area contributed by atoms with E-state index in [0.29, 0.717) is 5.75 Å². The highest BCUT2D eigenvalue weighted by molar-refractivity contribution is 7.99. The van der Waals surface area contributed by atoms with E-state index in [2.05, 4.69) is 0 Å². The molecule has 5 heteroatoms. The number of benzene rings is 2. The van der Waals surface area contributed by atoms with Gasteiger partial charge in [0, 0.05) is 16.9 Å². The number of rotatable bonds is 4. The van der Waals surface area contributed by atoms with Crippen molar-refractivity contribution in [2.24, 2.45) is 5.73 Å². The molecule has 2 aromatic rings. The topological polar surface area (TPSA) is 72.5 Å². The molecular formula is C16H15NO3S. The molecule has 1 atom stereocenters. The fraction of sp³-hybridized carbons (Fsp3) is 0.188. The Labute approximate surface area is 126 Å². The normalized spacial score (nSPS) is 14.7. The summed E-state index contributed by atoms with van der Waals surface area (Å²) in [6.45, 7) is 0. The summed E-state index contributed by atoms with van der Waals surface area (Å²) in [5.41, 5.74) is 7.73. The monoisotopic (exact) mass is 301 g/mol. The van der Waals surface area contributed by atoms with Crippen LogP contribution in [0.2, 0.25) is 0 Å². The van der Waals surface area contributed by atoms with Gasteiger partial charge < -0.3 is 15.6 Å². The van der Waals surface area contributed by atoms with Crippen molar-refractivity contribution >= 4 is 17.7 Å². The third kappa shape index (κ3) is 2.75. The van der Waals surface area contributed by atoms with E-state index in [0.717, 1.165) is 22.6 Å². The lowest BCUT2D eigenvalue weighted by Crippen LogP contribution is -2.32. The Bertz CT molecular complexity index is 629. The third-order valence-electron chi connectivity index (χ3n) is 3.38. The molecule has 0 fully saturated rings. The number of nitrogens with two attached hydrogens (primary N) is 1. The number of para-hydroxylation sites is 2. The van der Waals surface area contributed by atoms with Crippen molar-refractivity contribution in [1.29, 1.82) is 0 Å². The molecule has 1 aliphatic rings. The predicted octanol–water partition coefficient (Wildman–Crippen LogP) is 3.03. The Balaban J connectivity index is 1.93. The lowest BCUT2D eigenvalue weighted by atomic mass is 10.00. The molecule has 3 N–H and O–H groups in total. The highest BCUT2D eigenvalue weighted by Crippen LogP contribution is 2.49. The number of carboxylic acids is 1. The number of carbonyl (C=O) groups is 1. The van der Waals surface area contributed by atoms with Crippen LogP contribution in [0.5, 0.6) is 11.5 Å². The summed E-state index contributed by atoms with van der Waals surface area (Å²) in [7, 11) is 0. The van der Waals surface area contributed by atoms with Gasteiger partial charge in [-0.3, -0.25) is 4.79 Å². The van der Waals surface area contributed by atoms with Gasteiger partial charge in [-0.15, -0.1) is 11.8 Å². The van der Waals surface area contributed by atoms with E-state index in [-0.39, 0.29) is 5.25 Å². The van der Waals surface area contributed by atoms with E-state index in [4.69, 9.17) is 15.6 Å². The Morgan fingerprint density at radius 3 is 2.19 bits per heavy atom. The molecule has 3 rings (SSSR count). The van der Waals surface area contributed by atoms with Crippen LogP contribution in [-0.4, -0.2) is 22.9 Å². The first-order valence-corrected chi connectivity index (χ1v) is 7.67. The van der Waals surface area contributed by atoms with Crippen LogP contribution in [0.25, 0.3) is 0 Å². The molecule has 0 aromatic heterocycles. The zero-order chi connectivity index (χ0) is 14.8. The van der Waals surface area contributed by atoms with Crippen LogP contribution in [0.4, 0.5) is 0 Å². The quantitative estimate of drug-likeness (QED) is 0.908.